The Morgan fingerprint density at radius 3 is 2.95 bits per heavy atom. The number of hydrogen-bond donors (Lipinski definition) is 1. The van der Waals surface area contributed by atoms with E-state index in [9.17, 15) is 4.79 Å². The van der Waals surface area contributed by atoms with E-state index in [2.05, 4.69) is 5.32 Å². The minimum Gasteiger partial charge on any atom is -0.379 e. The van der Waals surface area contributed by atoms with Crippen molar-refractivity contribution in [2.45, 2.75) is 18.6 Å². The van der Waals surface area contributed by atoms with Gasteiger partial charge in [0.25, 0.3) is 5.91 Å². The molecule has 1 aromatic rings. The zero-order chi connectivity index (χ0) is 14.5. The molecule has 1 aliphatic heterocycles. The highest BCUT2D eigenvalue weighted by molar-refractivity contribution is 5.95. The molecular formula is C15H22N2O3. The molecule has 0 bridgehead atoms. The average molecular weight is 278 g/mol. The van der Waals surface area contributed by atoms with Gasteiger partial charge < -0.3 is 19.7 Å². The predicted octanol–water partition coefficient (Wildman–Crippen LogP) is 1.29. The zero-order valence-corrected chi connectivity index (χ0v) is 12.3. The molecule has 0 aliphatic carbocycles. The van der Waals surface area contributed by atoms with E-state index in [1.165, 1.54) is 0 Å². The highest BCUT2D eigenvalue weighted by Crippen LogP contribution is 2.15. The maximum atomic E-state index is 12.3. The van der Waals surface area contributed by atoms with Crippen LogP contribution in [0.15, 0.2) is 24.3 Å². The molecule has 1 aliphatic rings. The van der Waals surface area contributed by atoms with Crippen LogP contribution in [0.3, 0.4) is 0 Å². The number of benzene rings is 1. The minimum atomic E-state index is -0.0790. The first-order valence-electron chi connectivity index (χ1n) is 6.80. The first kappa shape index (κ1) is 14.8. The number of nitrogens with zero attached hydrogens (tertiary/aromatic N) is 1. The molecule has 0 radical (unpaired) electrons. The number of methoxy groups -OCH3 is 1. The molecule has 0 unspecified atom stereocenters. The summed E-state index contributed by atoms with van der Waals surface area (Å²) in [5.41, 5.74) is 1.67. The number of nitrogens with one attached hydrogen (secondary N) is 1. The molecule has 0 spiro atoms. The lowest BCUT2D eigenvalue weighted by atomic mass is 10.1. The molecule has 5 heteroatoms. The Bertz CT molecular complexity index is 462. The van der Waals surface area contributed by atoms with Crippen molar-refractivity contribution >= 4 is 11.6 Å². The summed E-state index contributed by atoms with van der Waals surface area (Å²) in [6.45, 7) is 1.18. The second-order valence-corrected chi connectivity index (χ2v) is 5.16. The highest BCUT2D eigenvalue weighted by Gasteiger charge is 2.27. The van der Waals surface area contributed by atoms with Gasteiger partial charge in [0.2, 0.25) is 0 Å². The lowest BCUT2D eigenvalue weighted by molar-refractivity contribution is -0.0479. The van der Waals surface area contributed by atoms with E-state index in [1.807, 2.05) is 43.3 Å². The van der Waals surface area contributed by atoms with Crippen LogP contribution in [0.1, 0.15) is 16.8 Å². The fraction of sp³-hybridized carbons (Fsp3) is 0.533. The van der Waals surface area contributed by atoms with E-state index in [0.717, 1.165) is 12.1 Å². The Balaban J connectivity index is 2.05. The molecule has 1 heterocycles. The molecule has 0 aromatic heterocycles. The Labute approximate surface area is 119 Å². The molecule has 1 aromatic carbocycles. The van der Waals surface area contributed by atoms with Gasteiger partial charge in [-0.05, 0) is 24.6 Å². The van der Waals surface area contributed by atoms with Crippen LogP contribution in [0.4, 0.5) is 5.69 Å². The van der Waals surface area contributed by atoms with Gasteiger partial charge in [0.1, 0.15) is 6.10 Å². The maximum Gasteiger partial charge on any atom is 0.251 e. The number of hydrogen-bond acceptors (Lipinski definition) is 4. The molecule has 1 saturated heterocycles. The van der Waals surface area contributed by atoms with E-state index in [4.69, 9.17) is 9.47 Å². The van der Waals surface area contributed by atoms with Crippen molar-refractivity contribution < 1.29 is 14.3 Å². The molecule has 2 atom stereocenters. The van der Waals surface area contributed by atoms with Crippen molar-refractivity contribution in [3.05, 3.63) is 29.8 Å². The fourth-order valence-corrected chi connectivity index (χ4v) is 2.29. The number of carbonyl (C=O) groups excluding carboxylic acids is 1. The summed E-state index contributed by atoms with van der Waals surface area (Å²) < 4.78 is 10.7. The number of amides is 1. The van der Waals surface area contributed by atoms with Crippen molar-refractivity contribution in [3.63, 3.8) is 0 Å². The summed E-state index contributed by atoms with van der Waals surface area (Å²) in [4.78, 5) is 14.3. The molecule has 2 rings (SSSR count). The smallest absolute Gasteiger partial charge is 0.251 e. The number of ether oxygens (including phenoxy) is 2. The summed E-state index contributed by atoms with van der Waals surface area (Å²) in [7, 11) is 5.55. The second-order valence-electron chi connectivity index (χ2n) is 5.16. The van der Waals surface area contributed by atoms with Gasteiger partial charge in [-0.3, -0.25) is 4.79 Å². The van der Waals surface area contributed by atoms with Gasteiger partial charge in [-0.1, -0.05) is 6.07 Å². The zero-order valence-electron chi connectivity index (χ0n) is 12.3. The summed E-state index contributed by atoms with van der Waals surface area (Å²) >= 11 is 0. The third-order valence-corrected chi connectivity index (χ3v) is 3.55. The molecule has 20 heavy (non-hydrogen) atoms. The van der Waals surface area contributed by atoms with Crippen LogP contribution in [0.5, 0.6) is 0 Å². The predicted molar refractivity (Wildman–Crippen MR) is 78.3 cm³/mol. The SMILES string of the molecule is CO[C@@H]1COCC[C@H]1NC(=O)c1cccc(N(C)C)c1. The lowest BCUT2D eigenvalue weighted by Crippen LogP contribution is -2.49. The summed E-state index contributed by atoms with van der Waals surface area (Å²) in [6, 6.07) is 7.58. The summed E-state index contributed by atoms with van der Waals surface area (Å²) in [6.07, 6.45) is 0.696. The third-order valence-electron chi connectivity index (χ3n) is 3.55. The number of carbonyl (C=O) groups is 1. The average Bonchev–Trinajstić information content (AvgIpc) is 2.48. The monoisotopic (exact) mass is 278 g/mol. The number of rotatable bonds is 4. The Hall–Kier alpha value is -1.59. The van der Waals surface area contributed by atoms with Crippen LogP contribution >= 0.6 is 0 Å². The van der Waals surface area contributed by atoms with Crippen LogP contribution < -0.4 is 10.2 Å². The number of anilines is 1. The normalized spacial score (nSPS) is 22.4. The van der Waals surface area contributed by atoms with Gasteiger partial charge in [-0.25, -0.2) is 0 Å². The van der Waals surface area contributed by atoms with E-state index in [-0.39, 0.29) is 18.1 Å². The molecule has 5 nitrogen and oxygen atoms in total. The molecular weight excluding hydrogens is 256 g/mol. The van der Waals surface area contributed by atoms with Crippen LogP contribution in [0.2, 0.25) is 0 Å². The van der Waals surface area contributed by atoms with Crippen LogP contribution in [0, 0.1) is 0 Å². The Morgan fingerprint density at radius 2 is 2.25 bits per heavy atom. The van der Waals surface area contributed by atoms with E-state index in [1.54, 1.807) is 7.11 Å². The minimum absolute atomic E-state index is 0.00395. The van der Waals surface area contributed by atoms with E-state index < -0.39 is 0 Å². The van der Waals surface area contributed by atoms with Gasteiger partial charge in [0, 0.05) is 39.1 Å². The molecule has 1 N–H and O–H groups in total. The van der Waals surface area contributed by atoms with Crippen LogP contribution in [-0.4, -0.2) is 52.5 Å². The van der Waals surface area contributed by atoms with Crippen molar-refractivity contribution in [3.8, 4) is 0 Å². The maximum absolute atomic E-state index is 12.3. The van der Waals surface area contributed by atoms with Crippen LogP contribution in [0.25, 0.3) is 0 Å². The standard InChI is InChI=1S/C15H22N2O3/c1-17(2)12-6-4-5-11(9-12)15(18)16-13-7-8-20-10-14(13)19-3/h4-6,9,13-14H,7-8,10H2,1-3H3,(H,16,18)/t13-,14-/m1/s1. The quantitative estimate of drug-likeness (QED) is 0.901. The van der Waals surface area contributed by atoms with Gasteiger partial charge in [-0.2, -0.15) is 0 Å². The lowest BCUT2D eigenvalue weighted by Gasteiger charge is -2.31. The largest absolute Gasteiger partial charge is 0.379 e. The topological polar surface area (TPSA) is 50.8 Å². The van der Waals surface area contributed by atoms with Crippen molar-refractivity contribution in [1.29, 1.82) is 0 Å². The summed E-state index contributed by atoms with van der Waals surface area (Å²) in [5.74, 6) is -0.0670. The van der Waals surface area contributed by atoms with E-state index in [0.29, 0.717) is 18.8 Å². The fourth-order valence-electron chi connectivity index (χ4n) is 2.29. The van der Waals surface area contributed by atoms with Gasteiger partial charge in [0.15, 0.2) is 0 Å². The van der Waals surface area contributed by atoms with Crippen LogP contribution in [-0.2, 0) is 9.47 Å². The van der Waals surface area contributed by atoms with Gasteiger partial charge in [0.05, 0.1) is 12.6 Å². The first-order valence-corrected chi connectivity index (χ1v) is 6.80. The summed E-state index contributed by atoms with van der Waals surface area (Å²) in [5, 5.41) is 3.04. The highest BCUT2D eigenvalue weighted by atomic mass is 16.5. The first-order chi connectivity index (χ1) is 9.61. The second kappa shape index (κ2) is 6.72. The molecule has 110 valence electrons. The van der Waals surface area contributed by atoms with E-state index >= 15 is 0 Å². The molecule has 1 amide bonds. The Kier molecular flexibility index (Phi) is 4.98. The van der Waals surface area contributed by atoms with Gasteiger partial charge in [-0.15, -0.1) is 0 Å². The Morgan fingerprint density at radius 1 is 1.45 bits per heavy atom. The van der Waals surface area contributed by atoms with Gasteiger partial charge >= 0.3 is 0 Å². The third kappa shape index (κ3) is 3.49. The van der Waals surface area contributed by atoms with Crippen molar-refractivity contribution in [2.75, 3.05) is 39.3 Å². The molecule has 0 saturated carbocycles. The molecule has 1 fully saturated rings. The van der Waals surface area contributed by atoms with Crippen molar-refractivity contribution in [1.82, 2.24) is 5.32 Å². The van der Waals surface area contributed by atoms with Crippen molar-refractivity contribution in [2.24, 2.45) is 0 Å².